The Labute approximate surface area is 129 Å². The van der Waals surface area contributed by atoms with Gasteiger partial charge in [-0.2, -0.15) is 0 Å². The molecular formula is C15H20N2O5. The molecule has 1 saturated heterocycles. The third-order valence-electron chi connectivity index (χ3n) is 3.17. The molecule has 1 aromatic rings. The molecule has 0 spiro atoms. The van der Waals surface area contributed by atoms with E-state index in [0.717, 1.165) is 0 Å². The van der Waals surface area contributed by atoms with Crippen molar-refractivity contribution in [1.82, 2.24) is 4.90 Å². The topological polar surface area (TPSA) is 81.9 Å². The van der Waals surface area contributed by atoms with Crippen LogP contribution in [0.3, 0.4) is 0 Å². The lowest BCUT2D eigenvalue weighted by atomic mass is 10.1. The normalized spacial score (nSPS) is 18.9. The lowest BCUT2D eigenvalue weighted by Crippen LogP contribution is -2.44. The van der Waals surface area contributed by atoms with Gasteiger partial charge in [-0.05, 0) is 26.3 Å². The predicted molar refractivity (Wildman–Crippen MR) is 79.6 cm³/mol. The summed E-state index contributed by atoms with van der Waals surface area (Å²) in [6.07, 6.45) is -0.785. The fourth-order valence-electron chi connectivity index (χ4n) is 2.18. The fourth-order valence-corrected chi connectivity index (χ4v) is 2.18. The van der Waals surface area contributed by atoms with Gasteiger partial charge in [-0.1, -0.05) is 12.1 Å². The summed E-state index contributed by atoms with van der Waals surface area (Å²) < 4.78 is 11.0. The molecule has 1 aromatic carbocycles. The van der Waals surface area contributed by atoms with Crippen LogP contribution in [0.5, 0.6) is 0 Å². The van der Waals surface area contributed by atoms with Crippen LogP contribution < -0.4 is 0 Å². The van der Waals surface area contributed by atoms with E-state index in [4.69, 9.17) is 9.47 Å². The maximum Gasteiger partial charge on any atom is 0.410 e. The zero-order valence-electron chi connectivity index (χ0n) is 12.9. The zero-order valence-corrected chi connectivity index (χ0v) is 12.9. The molecule has 0 saturated carbocycles. The molecule has 1 fully saturated rings. The molecule has 7 nitrogen and oxygen atoms in total. The number of carbonyl (C=O) groups excluding carboxylic acids is 1. The van der Waals surface area contributed by atoms with Crippen LogP contribution >= 0.6 is 0 Å². The molecule has 1 unspecified atom stereocenters. The van der Waals surface area contributed by atoms with Gasteiger partial charge in [0.1, 0.15) is 11.7 Å². The third kappa shape index (κ3) is 4.17. The molecule has 1 heterocycles. The van der Waals surface area contributed by atoms with Crippen LogP contribution in [-0.4, -0.2) is 41.2 Å². The van der Waals surface area contributed by atoms with Crippen LogP contribution in [0.15, 0.2) is 24.3 Å². The first-order valence-corrected chi connectivity index (χ1v) is 7.10. The number of hydrogen-bond acceptors (Lipinski definition) is 5. The van der Waals surface area contributed by atoms with Crippen molar-refractivity contribution >= 4 is 11.8 Å². The predicted octanol–water partition coefficient (Wildman–Crippen LogP) is 2.90. The van der Waals surface area contributed by atoms with Crippen LogP contribution in [-0.2, 0) is 9.47 Å². The highest BCUT2D eigenvalue weighted by Crippen LogP contribution is 2.26. The number of morpholine rings is 1. The Balaban J connectivity index is 2.09. The van der Waals surface area contributed by atoms with Gasteiger partial charge in [0, 0.05) is 18.7 Å². The van der Waals surface area contributed by atoms with E-state index in [1.807, 2.05) is 20.8 Å². The molecule has 0 radical (unpaired) electrons. The molecule has 120 valence electrons. The summed E-state index contributed by atoms with van der Waals surface area (Å²) in [6.45, 7) is 6.55. The number of amides is 1. The van der Waals surface area contributed by atoms with Crippen molar-refractivity contribution in [2.45, 2.75) is 32.5 Å². The molecule has 0 bridgehead atoms. The minimum absolute atomic E-state index is 0.00971. The van der Waals surface area contributed by atoms with Gasteiger partial charge in [0.2, 0.25) is 0 Å². The van der Waals surface area contributed by atoms with E-state index in [1.165, 1.54) is 12.1 Å². The van der Waals surface area contributed by atoms with Gasteiger partial charge in [0.05, 0.1) is 18.1 Å². The number of nitro groups is 1. The average Bonchev–Trinajstić information content (AvgIpc) is 2.46. The second-order valence-electron chi connectivity index (χ2n) is 6.14. The molecule has 1 atom stereocenters. The van der Waals surface area contributed by atoms with Gasteiger partial charge < -0.3 is 14.4 Å². The maximum atomic E-state index is 12.1. The summed E-state index contributed by atoms with van der Waals surface area (Å²) in [5, 5.41) is 10.8. The van der Waals surface area contributed by atoms with Crippen molar-refractivity contribution in [2.75, 3.05) is 19.7 Å². The number of non-ortho nitro benzene ring substituents is 1. The van der Waals surface area contributed by atoms with Crippen molar-refractivity contribution in [3.05, 3.63) is 39.9 Å². The highest BCUT2D eigenvalue weighted by molar-refractivity contribution is 5.68. The quantitative estimate of drug-likeness (QED) is 0.619. The number of benzene rings is 1. The first kappa shape index (κ1) is 16.2. The number of rotatable bonds is 2. The lowest BCUT2D eigenvalue weighted by molar-refractivity contribution is -0.385. The first-order valence-electron chi connectivity index (χ1n) is 7.10. The van der Waals surface area contributed by atoms with Gasteiger partial charge in [0.25, 0.3) is 5.69 Å². The summed E-state index contributed by atoms with van der Waals surface area (Å²) in [4.78, 5) is 24.1. The number of nitro benzene ring substituents is 1. The molecule has 7 heteroatoms. The Kier molecular flexibility index (Phi) is 4.65. The summed E-state index contributed by atoms with van der Waals surface area (Å²) in [5.41, 5.74) is 0.133. The van der Waals surface area contributed by atoms with Crippen LogP contribution in [0.2, 0.25) is 0 Å². The second kappa shape index (κ2) is 6.31. The number of nitrogens with zero attached hydrogens (tertiary/aromatic N) is 2. The SMILES string of the molecule is CC(C)(C)OC(=O)N1CCOC(c2cccc([N+](=O)[O-])c2)C1. The highest BCUT2D eigenvalue weighted by atomic mass is 16.6. The smallest absolute Gasteiger partial charge is 0.410 e. The van der Waals surface area contributed by atoms with Gasteiger partial charge >= 0.3 is 6.09 Å². The van der Waals surface area contributed by atoms with Crippen LogP contribution in [0, 0.1) is 10.1 Å². The largest absolute Gasteiger partial charge is 0.444 e. The molecule has 1 amide bonds. The summed E-state index contributed by atoms with van der Waals surface area (Å²) >= 11 is 0. The second-order valence-corrected chi connectivity index (χ2v) is 6.14. The first-order chi connectivity index (χ1) is 10.3. The van der Waals surface area contributed by atoms with Gasteiger partial charge in [-0.25, -0.2) is 4.79 Å². The Morgan fingerprint density at radius 2 is 2.18 bits per heavy atom. The summed E-state index contributed by atoms with van der Waals surface area (Å²) in [7, 11) is 0. The Hall–Kier alpha value is -2.15. The van der Waals surface area contributed by atoms with Crippen molar-refractivity contribution in [1.29, 1.82) is 0 Å². The van der Waals surface area contributed by atoms with Gasteiger partial charge in [-0.15, -0.1) is 0 Å². The fraction of sp³-hybridized carbons (Fsp3) is 0.533. The summed E-state index contributed by atoms with van der Waals surface area (Å²) in [6, 6.07) is 6.28. The highest BCUT2D eigenvalue weighted by Gasteiger charge is 2.29. The van der Waals surface area contributed by atoms with E-state index in [-0.39, 0.29) is 11.8 Å². The van der Waals surface area contributed by atoms with Crippen LogP contribution in [0.1, 0.15) is 32.4 Å². The number of carbonyl (C=O) groups is 1. The van der Waals surface area contributed by atoms with Crippen molar-refractivity contribution < 1.29 is 19.2 Å². The van der Waals surface area contributed by atoms with Crippen LogP contribution in [0.25, 0.3) is 0 Å². The lowest BCUT2D eigenvalue weighted by Gasteiger charge is -2.34. The zero-order chi connectivity index (χ0) is 16.3. The Morgan fingerprint density at radius 3 is 2.82 bits per heavy atom. The van der Waals surface area contributed by atoms with Crippen molar-refractivity contribution in [2.24, 2.45) is 0 Å². The molecule has 1 aliphatic rings. The minimum atomic E-state index is -0.559. The number of ether oxygens (including phenoxy) is 2. The standard InChI is InChI=1S/C15H20N2O5/c1-15(2,3)22-14(18)16-7-8-21-13(10-16)11-5-4-6-12(9-11)17(19)20/h4-6,9,13H,7-8,10H2,1-3H3. The molecule has 0 aliphatic carbocycles. The van der Waals surface area contributed by atoms with E-state index < -0.39 is 16.6 Å². The monoisotopic (exact) mass is 308 g/mol. The van der Waals surface area contributed by atoms with Crippen LogP contribution in [0.4, 0.5) is 10.5 Å². The maximum absolute atomic E-state index is 12.1. The van der Waals surface area contributed by atoms with E-state index >= 15 is 0 Å². The van der Waals surface area contributed by atoms with E-state index in [0.29, 0.717) is 25.3 Å². The molecule has 0 N–H and O–H groups in total. The van der Waals surface area contributed by atoms with E-state index in [1.54, 1.807) is 17.0 Å². The number of hydrogen-bond donors (Lipinski definition) is 0. The molecular weight excluding hydrogens is 288 g/mol. The van der Waals surface area contributed by atoms with Gasteiger partial charge in [0.15, 0.2) is 0 Å². The molecule has 2 rings (SSSR count). The minimum Gasteiger partial charge on any atom is -0.444 e. The Bertz CT molecular complexity index is 567. The van der Waals surface area contributed by atoms with Crippen molar-refractivity contribution in [3.8, 4) is 0 Å². The average molecular weight is 308 g/mol. The molecule has 22 heavy (non-hydrogen) atoms. The van der Waals surface area contributed by atoms with Crippen molar-refractivity contribution in [3.63, 3.8) is 0 Å². The molecule has 0 aromatic heterocycles. The van der Waals surface area contributed by atoms with E-state index in [2.05, 4.69) is 0 Å². The molecule has 1 aliphatic heterocycles. The Morgan fingerprint density at radius 1 is 1.45 bits per heavy atom. The summed E-state index contributed by atoms with van der Waals surface area (Å²) in [5.74, 6) is 0. The van der Waals surface area contributed by atoms with E-state index in [9.17, 15) is 14.9 Å². The third-order valence-corrected chi connectivity index (χ3v) is 3.17. The van der Waals surface area contributed by atoms with Gasteiger partial charge in [-0.3, -0.25) is 10.1 Å².